The van der Waals surface area contributed by atoms with Gasteiger partial charge in [0.15, 0.2) is 9.04 Å². The van der Waals surface area contributed by atoms with Crippen molar-refractivity contribution in [2.45, 2.75) is 70.4 Å². The van der Waals surface area contributed by atoms with Crippen molar-refractivity contribution in [3.63, 3.8) is 0 Å². The molecule has 3 nitrogen and oxygen atoms in total. The molecule has 0 aliphatic heterocycles. The molecular weight excluding hydrogens is 240 g/mol. The van der Waals surface area contributed by atoms with Crippen LogP contribution >= 0.6 is 0 Å². The Hall–Kier alpha value is 0.0969. The largest absolute Gasteiger partial charge is 0.435 e. The molecule has 0 amide bonds. The van der Waals surface area contributed by atoms with Gasteiger partial charge in [-0.1, -0.05) is 51.9 Å². The number of hydrogen-bond donors (Lipinski definition) is 3. The van der Waals surface area contributed by atoms with Crippen molar-refractivity contribution < 1.29 is 4.80 Å². The molecule has 0 aromatic rings. The topological polar surface area (TPSA) is 58.3 Å². The smallest absolute Gasteiger partial charge is 0.172 e. The van der Waals surface area contributed by atoms with Gasteiger partial charge in [-0.2, -0.15) is 0 Å². The monoisotopic (exact) mass is 274 g/mol. The van der Waals surface area contributed by atoms with E-state index in [-0.39, 0.29) is 0 Å². The van der Waals surface area contributed by atoms with E-state index in [1.54, 1.807) is 0 Å². The van der Waals surface area contributed by atoms with Crippen molar-refractivity contribution in [1.29, 1.82) is 0 Å². The summed E-state index contributed by atoms with van der Waals surface area (Å²) in [5, 5.41) is 3.29. The lowest BCUT2D eigenvalue weighted by atomic mass is 10.1. The molecule has 0 rings (SSSR count). The van der Waals surface area contributed by atoms with Gasteiger partial charge in [0.2, 0.25) is 0 Å². The van der Waals surface area contributed by atoms with E-state index in [9.17, 15) is 4.80 Å². The highest BCUT2D eigenvalue weighted by Crippen LogP contribution is 2.11. The standard InChI is InChI=1S/C14H34N2OSi/c1-2-3-4-5-6-8-13-18(17)14-9-7-11-16-12-10-15/h16-18H,2-15H2,1H3. The van der Waals surface area contributed by atoms with Crippen LogP contribution in [0.5, 0.6) is 0 Å². The molecule has 0 heterocycles. The molecule has 4 heteroatoms. The Kier molecular flexibility index (Phi) is 15.2. The SMILES string of the molecule is CCCCCCCC[SiH](O)CCCCNCCN. The number of rotatable bonds is 14. The molecule has 0 bridgehead atoms. The number of hydrogen-bond acceptors (Lipinski definition) is 3. The van der Waals surface area contributed by atoms with Crippen LogP contribution in [0.15, 0.2) is 0 Å². The van der Waals surface area contributed by atoms with Crippen molar-refractivity contribution in [3.05, 3.63) is 0 Å². The molecule has 0 aromatic heterocycles. The number of unbranched alkanes of at least 4 members (excludes halogenated alkanes) is 6. The summed E-state index contributed by atoms with van der Waals surface area (Å²) in [6, 6.07) is 2.22. The van der Waals surface area contributed by atoms with Crippen LogP contribution in [0.3, 0.4) is 0 Å². The highest BCUT2D eigenvalue weighted by molar-refractivity contribution is 6.50. The summed E-state index contributed by atoms with van der Waals surface area (Å²) in [5.74, 6) is 0. The van der Waals surface area contributed by atoms with E-state index >= 15 is 0 Å². The van der Waals surface area contributed by atoms with Crippen molar-refractivity contribution in [1.82, 2.24) is 5.32 Å². The maximum Gasteiger partial charge on any atom is 0.172 e. The van der Waals surface area contributed by atoms with Gasteiger partial charge < -0.3 is 15.8 Å². The highest BCUT2D eigenvalue weighted by atomic mass is 28.3. The second-order valence-electron chi connectivity index (χ2n) is 5.24. The van der Waals surface area contributed by atoms with Crippen molar-refractivity contribution in [3.8, 4) is 0 Å². The van der Waals surface area contributed by atoms with E-state index in [4.69, 9.17) is 5.73 Å². The van der Waals surface area contributed by atoms with Gasteiger partial charge in [-0.05, 0) is 25.1 Å². The first-order valence-electron chi connectivity index (χ1n) is 7.90. The molecule has 110 valence electrons. The summed E-state index contributed by atoms with van der Waals surface area (Å²) in [6.45, 7) is 4.93. The molecule has 18 heavy (non-hydrogen) atoms. The van der Waals surface area contributed by atoms with E-state index in [1.165, 1.54) is 51.4 Å². The second kappa shape index (κ2) is 15.2. The summed E-state index contributed by atoms with van der Waals surface area (Å²) in [7, 11) is -1.37. The van der Waals surface area contributed by atoms with Gasteiger partial charge in [0.05, 0.1) is 0 Å². The molecule has 0 fully saturated rings. The minimum atomic E-state index is -1.37. The lowest BCUT2D eigenvalue weighted by Gasteiger charge is -2.08. The molecule has 0 saturated heterocycles. The van der Waals surface area contributed by atoms with Crippen LogP contribution in [0.25, 0.3) is 0 Å². The Morgan fingerprint density at radius 1 is 0.889 bits per heavy atom. The average molecular weight is 275 g/mol. The quantitative estimate of drug-likeness (QED) is 0.337. The van der Waals surface area contributed by atoms with Gasteiger partial charge in [-0.25, -0.2) is 0 Å². The Morgan fingerprint density at radius 3 is 2.17 bits per heavy atom. The lowest BCUT2D eigenvalue weighted by Crippen LogP contribution is -2.23. The maximum atomic E-state index is 9.95. The second-order valence-corrected chi connectivity index (χ2v) is 7.71. The fourth-order valence-electron chi connectivity index (χ4n) is 2.16. The Labute approximate surface area is 115 Å². The van der Waals surface area contributed by atoms with Crippen molar-refractivity contribution >= 4 is 9.04 Å². The first-order chi connectivity index (χ1) is 8.81. The zero-order valence-corrected chi connectivity index (χ0v) is 13.4. The third-order valence-corrected chi connectivity index (χ3v) is 5.50. The minimum absolute atomic E-state index is 0.718. The van der Waals surface area contributed by atoms with Crippen LogP contribution in [-0.4, -0.2) is 33.5 Å². The molecule has 0 aliphatic carbocycles. The van der Waals surface area contributed by atoms with Gasteiger partial charge in [0.1, 0.15) is 0 Å². The highest BCUT2D eigenvalue weighted by Gasteiger charge is 2.05. The fraction of sp³-hybridized carbons (Fsp3) is 1.00. The fourth-order valence-corrected chi connectivity index (χ4v) is 3.97. The number of nitrogens with one attached hydrogen (secondary N) is 1. The minimum Gasteiger partial charge on any atom is -0.435 e. The van der Waals surface area contributed by atoms with E-state index < -0.39 is 9.04 Å². The van der Waals surface area contributed by atoms with Gasteiger partial charge in [0, 0.05) is 13.1 Å². The Morgan fingerprint density at radius 2 is 1.50 bits per heavy atom. The van der Waals surface area contributed by atoms with E-state index in [2.05, 4.69) is 12.2 Å². The van der Waals surface area contributed by atoms with Gasteiger partial charge >= 0.3 is 0 Å². The first kappa shape index (κ1) is 18.1. The van der Waals surface area contributed by atoms with E-state index in [1.807, 2.05) is 0 Å². The summed E-state index contributed by atoms with van der Waals surface area (Å²) in [4.78, 5) is 9.95. The molecule has 4 N–H and O–H groups in total. The summed E-state index contributed by atoms with van der Waals surface area (Å²) in [6.07, 6.45) is 10.4. The molecular formula is C14H34N2OSi. The first-order valence-corrected chi connectivity index (χ1v) is 10.0. The molecule has 0 aliphatic rings. The van der Waals surface area contributed by atoms with Crippen LogP contribution in [0.4, 0.5) is 0 Å². The van der Waals surface area contributed by atoms with Crippen LogP contribution in [0.1, 0.15) is 58.3 Å². The molecule has 0 saturated carbocycles. The molecule has 0 radical (unpaired) electrons. The number of nitrogens with two attached hydrogens (primary N) is 1. The van der Waals surface area contributed by atoms with Crippen LogP contribution in [-0.2, 0) is 0 Å². The third kappa shape index (κ3) is 14.2. The Bertz CT molecular complexity index is 143. The third-order valence-electron chi connectivity index (χ3n) is 3.35. The Balaban J connectivity index is 3.10. The maximum absolute atomic E-state index is 9.95. The molecule has 1 atom stereocenters. The average Bonchev–Trinajstić information content (AvgIpc) is 2.38. The zero-order chi connectivity index (χ0) is 13.5. The summed E-state index contributed by atoms with van der Waals surface area (Å²) >= 11 is 0. The van der Waals surface area contributed by atoms with Crippen LogP contribution in [0.2, 0.25) is 12.1 Å². The van der Waals surface area contributed by atoms with Crippen molar-refractivity contribution in [2.75, 3.05) is 19.6 Å². The normalized spacial score (nSPS) is 12.8. The van der Waals surface area contributed by atoms with E-state index in [0.717, 1.165) is 31.7 Å². The predicted molar refractivity (Wildman–Crippen MR) is 83.5 cm³/mol. The van der Waals surface area contributed by atoms with Gasteiger partial charge in [-0.15, -0.1) is 0 Å². The predicted octanol–water partition coefficient (Wildman–Crippen LogP) is 2.39. The van der Waals surface area contributed by atoms with Crippen molar-refractivity contribution in [2.24, 2.45) is 5.73 Å². The van der Waals surface area contributed by atoms with Gasteiger partial charge in [0.25, 0.3) is 0 Å². The summed E-state index contributed by atoms with van der Waals surface area (Å²) in [5.41, 5.74) is 5.39. The lowest BCUT2D eigenvalue weighted by molar-refractivity contribution is 0.542. The van der Waals surface area contributed by atoms with E-state index in [0.29, 0.717) is 0 Å². The molecule has 1 unspecified atom stereocenters. The van der Waals surface area contributed by atoms with Gasteiger partial charge in [-0.3, -0.25) is 0 Å². The van der Waals surface area contributed by atoms with Crippen LogP contribution in [0, 0.1) is 0 Å². The molecule has 0 spiro atoms. The zero-order valence-electron chi connectivity index (χ0n) is 12.3. The van der Waals surface area contributed by atoms with Crippen LogP contribution < -0.4 is 11.1 Å². The summed E-state index contributed by atoms with van der Waals surface area (Å²) < 4.78 is 0. The molecule has 0 aromatic carbocycles.